The molecule has 0 aliphatic rings. The average molecular weight is 254 g/mol. The fourth-order valence-electron chi connectivity index (χ4n) is 1.67. The number of nitrogens with two attached hydrogens (primary N) is 1. The Balaban J connectivity index is 2.48. The smallest absolute Gasteiger partial charge is 0.320 e. The third-order valence-electron chi connectivity index (χ3n) is 2.89. The van der Waals surface area contributed by atoms with Gasteiger partial charge >= 0.3 is 5.97 Å². The Labute approximate surface area is 105 Å². The molecule has 4 N–H and O–H groups in total. The van der Waals surface area contributed by atoms with E-state index in [-0.39, 0.29) is 5.75 Å². The van der Waals surface area contributed by atoms with E-state index in [1.807, 2.05) is 0 Å². The fourth-order valence-corrected chi connectivity index (χ4v) is 1.67. The minimum absolute atomic E-state index is 0.236. The molecule has 1 heterocycles. The summed E-state index contributed by atoms with van der Waals surface area (Å²) in [6.07, 6.45) is 3.46. The van der Waals surface area contributed by atoms with Crippen LogP contribution >= 0.6 is 0 Å². The number of hydrogen-bond acceptors (Lipinski definition) is 4. The molecule has 0 spiro atoms. The zero-order valence-electron chi connectivity index (χ0n) is 10.3. The van der Waals surface area contributed by atoms with Crippen molar-refractivity contribution in [3.8, 4) is 5.75 Å². The van der Waals surface area contributed by atoms with Gasteiger partial charge in [0.1, 0.15) is 6.04 Å². The molecule has 6 heteroatoms. The molecule has 0 fully saturated rings. The van der Waals surface area contributed by atoms with E-state index in [2.05, 4.69) is 0 Å². The number of carboxylic acid groups (broad SMARTS) is 1. The van der Waals surface area contributed by atoms with Gasteiger partial charge in [-0.1, -0.05) is 0 Å². The number of pyridine rings is 1. The topological polar surface area (TPSA) is 106 Å². The largest absolute Gasteiger partial charge is 0.503 e. The van der Waals surface area contributed by atoms with Gasteiger partial charge in [0.05, 0.1) is 5.69 Å². The van der Waals surface area contributed by atoms with E-state index in [1.54, 1.807) is 17.7 Å². The Hall–Kier alpha value is -1.82. The molecular formula is C12H18N2O4. The van der Waals surface area contributed by atoms with Gasteiger partial charge in [0, 0.05) is 18.8 Å². The van der Waals surface area contributed by atoms with Crippen molar-refractivity contribution in [3.63, 3.8) is 0 Å². The van der Waals surface area contributed by atoms with Gasteiger partial charge in [-0.3, -0.25) is 9.59 Å². The highest BCUT2D eigenvalue weighted by Gasteiger charge is 2.10. The van der Waals surface area contributed by atoms with Gasteiger partial charge in [0.15, 0.2) is 5.75 Å². The van der Waals surface area contributed by atoms with Crippen molar-refractivity contribution in [3.05, 3.63) is 28.2 Å². The normalized spacial score (nSPS) is 12.3. The second-order valence-electron chi connectivity index (χ2n) is 4.25. The van der Waals surface area contributed by atoms with Crippen molar-refractivity contribution in [2.24, 2.45) is 5.73 Å². The summed E-state index contributed by atoms with van der Waals surface area (Å²) in [6, 6.07) is 0.485. The number of carbonyl (C=O) groups is 1. The summed E-state index contributed by atoms with van der Waals surface area (Å²) in [5.74, 6) is -1.23. The van der Waals surface area contributed by atoms with E-state index in [0.717, 1.165) is 6.42 Å². The van der Waals surface area contributed by atoms with Gasteiger partial charge in [-0.2, -0.15) is 0 Å². The van der Waals surface area contributed by atoms with Gasteiger partial charge in [-0.15, -0.1) is 0 Å². The summed E-state index contributed by atoms with van der Waals surface area (Å²) in [7, 11) is 0. The summed E-state index contributed by atoms with van der Waals surface area (Å²) in [4.78, 5) is 21.6. The first-order valence-corrected chi connectivity index (χ1v) is 5.81. The lowest BCUT2D eigenvalue weighted by Crippen LogP contribution is -2.29. The number of unbranched alkanes of at least 4 members (excludes halogenated alkanes) is 1. The third-order valence-corrected chi connectivity index (χ3v) is 2.89. The van der Waals surface area contributed by atoms with Gasteiger partial charge in [-0.25, -0.2) is 0 Å². The number of aromatic hydroxyl groups is 1. The Morgan fingerprint density at radius 3 is 2.78 bits per heavy atom. The Bertz CT molecular complexity index is 481. The van der Waals surface area contributed by atoms with E-state index >= 15 is 0 Å². The molecule has 0 saturated heterocycles. The SMILES string of the molecule is Cc1c(O)c(=O)ccn1CCCC[C@H](N)C(=O)O. The second-order valence-corrected chi connectivity index (χ2v) is 4.25. The number of carboxylic acids is 1. The molecule has 100 valence electrons. The average Bonchev–Trinajstić information content (AvgIpc) is 2.33. The lowest BCUT2D eigenvalue weighted by molar-refractivity contribution is -0.138. The number of rotatable bonds is 6. The maximum Gasteiger partial charge on any atom is 0.320 e. The molecule has 1 aromatic heterocycles. The highest BCUT2D eigenvalue weighted by atomic mass is 16.4. The van der Waals surface area contributed by atoms with E-state index in [0.29, 0.717) is 25.1 Å². The Morgan fingerprint density at radius 1 is 1.50 bits per heavy atom. The number of hydrogen-bond donors (Lipinski definition) is 3. The summed E-state index contributed by atoms with van der Waals surface area (Å²) in [6.45, 7) is 2.28. The highest BCUT2D eigenvalue weighted by Crippen LogP contribution is 2.11. The first kappa shape index (κ1) is 14.2. The van der Waals surface area contributed by atoms with E-state index in [1.165, 1.54) is 6.07 Å². The quantitative estimate of drug-likeness (QED) is 0.639. The molecule has 0 aromatic carbocycles. The first-order chi connectivity index (χ1) is 8.43. The minimum Gasteiger partial charge on any atom is -0.503 e. The van der Waals surface area contributed by atoms with Gasteiger partial charge < -0.3 is 20.5 Å². The predicted molar refractivity (Wildman–Crippen MR) is 66.6 cm³/mol. The fraction of sp³-hybridized carbons (Fsp3) is 0.500. The van der Waals surface area contributed by atoms with Crippen LogP contribution in [0, 0.1) is 6.92 Å². The molecule has 6 nitrogen and oxygen atoms in total. The molecule has 1 atom stereocenters. The van der Waals surface area contributed by atoms with Crippen molar-refractivity contribution < 1.29 is 15.0 Å². The van der Waals surface area contributed by atoms with Gasteiger partial charge in [0.25, 0.3) is 0 Å². The van der Waals surface area contributed by atoms with Crippen molar-refractivity contribution in [1.82, 2.24) is 4.57 Å². The number of aryl methyl sites for hydroxylation is 1. The van der Waals surface area contributed by atoms with Crippen molar-refractivity contribution >= 4 is 5.97 Å². The molecule has 0 aliphatic carbocycles. The highest BCUT2D eigenvalue weighted by molar-refractivity contribution is 5.72. The molecule has 0 radical (unpaired) electrons. The Kier molecular flexibility index (Phi) is 4.91. The summed E-state index contributed by atoms with van der Waals surface area (Å²) in [5, 5.41) is 18.1. The molecule has 0 unspecified atom stereocenters. The van der Waals surface area contributed by atoms with Gasteiger partial charge in [-0.05, 0) is 26.2 Å². The lowest BCUT2D eigenvalue weighted by Gasteiger charge is -2.11. The van der Waals surface area contributed by atoms with Crippen LogP contribution in [0.4, 0.5) is 0 Å². The van der Waals surface area contributed by atoms with E-state index < -0.39 is 17.4 Å². The van der Waals surface area contributed by atoms with Crippen LogP contribution in [0.5, 0.6) is 5.75 Å². The molecule has 0 bridgehead atoms. The molecule has 0 saturated carbocycles. The standard InChI is InChI=1S/C12H18N2O4/c1-8-11(16)10(15)5-7-14(8)6-3-2-4-9(13)12(17)18/h5,7,9,16H,2-4,6,13H2,1H3,(H,17,18)/t9-/m0/s1. The summed E-state index contributed by atoms with van der Waals surface area (Å²) in [5.41, 5.74) is 5.51. The van der Waals surface area contributed by atoms with E-state index in [4.69, 9.17) is 10.8 Å². The number of aromatic nitrogens is 1. The molecule has 0 amide bonds. The second kappa shape index (κ2) is 6.20. The van der Waals surface area contributed by atoms with Crippen LogP contribution < -0.4 is 11.2 Å². The zero-order chi connectivity index (χ0) is 13.7. The molecule has 1 aromatic rings. The predicted octanol–water partition coefficient (Wildman–Crippen LogP) is 0.445. The maximum absolute atomic E-state index is 11.1. The minimum atomic E-state index is -0.993. The van der Waals surface area contributed by atoms with Crippen LogP contribution in [0.1, 0.15) is 25.0 Å². The first-order valence-electron chi connectivity index (χ1n) is 5.81. The molecule has 1 rings (SSSR count). The van der Waals surface area contributed by atoms with Crippen molar-refractivity contribution in [1.29, 1.82) is 0 Å². The number of nitrogens with zero attached hydrogens (tertiary/aromatic N) is 1. The van der Waals surface area contributed by atoms with E-state index in [9.17, 15) is 14.7 Å². The van der Waals surface area contributed by atoms with Crippen LogP contribution in [-0.2, 0) is 11.3 Å². The summed E-state index contributed by atoms with van der Waals surface area (Å²) >= 11 is 0. The molecular weight excluding hydrogens is 236 g/mol. The van der Waals surface area contributed by atoms with Crippen molar-refractivity contribution in [2.45, 2.75) is 38.8 Å². The maximum atomic E-state index is 11.1. The van der Waals surface area contributed by atoms with Crippen LogP contribution in [0.15, 0.2) is 17.1 Å². The van der Waals surface area contributed by atoms with Crippen LogP contribution in [-0.4, -0.2) is 26.8 Å². The third kappa shape index (κ3) is 3.59. The van der Waals surface area contributed by atoms with Crippen LogP contribution in [0.25, 0.3) is 0 Å². The molecule has 18 heavy (non-hydrogen) atoms. The molecule has 0 aliphatic heterocycles. The van der Waals surface area contributed by atoms with Gasteiger partial charge in [0.2, 0.25) is 5.43 Å². The lowest BCUT2D eigenvalue weighted by atomic mass is 10.1. The van der Waals surface area contributed by atoms with Crippen molar-refractivity contribution in [2.75, 3.05) is 0 Å². The zero-order valence-corrected chi connectivity index (χ0v) is 10.3. The number of aliphatic carboxylic acids is 1. The Morgan fingerprint density at radius 2 is 2.17 bits per heavy atom. The summed E-state index contributed by atoms with van der Waals surface area (Å²) < 4.78 is 1.77. The van der Waals surface area contributed by atoms with Crippen LogP contribution in [0.3, 0.4) is 0 Å². The monoisotopic (exact) mass is 254 g/mol. The van der Waals surface area contributed by atoms with Crippen LogP contribution in [0.2, 0.25) is 0 Å².